The molecule has 2 atom stereocenters. The minimum Gasteiger partial charge on any atom is -0.387 e. The summed E-state index contributed by atoms with van der Waals surface area (Å²) in [4.78, 5) is 4.21. The van der Waals surface area contributed by atoms with Crippen molar-refractivity contribution < 1.29 is 5.11 Å². The highest BCUT2D eigenvalue weighted by Crippen LogP contribution is 2.46. The van der Waals surface area contributed by atoms with Gasteiger partial charge in [0.1, 0.15) is 5.82 Å². The maximum Gasteiger partial charge on any atom is 0.105 e. The molecule has 0 aliphatic carbocycles. The number of benzene rings is 1. The molecule has 2 aliphatic rings. The molecule has 0 fully saturated rings. The van der Waals surface area contributed by atoms with Crippen LogP contribution >= 0.6 is 0 Å². The Kier molecular flexibility index (Phi) is 2.18. The third kappa shape index (κ3) is 1.31. The van der Waals surface area contributed by atoms with Crippen LogP contribution in [-0.2, 0) is 0 Å². The van der Waals surface area contributed by atoms with Crippen molar-refractivity contribution in [2.45, 2.75) is 18.6 Å². The summed E-state index contributed by atoms with van der Waals surface area (Å²) in [6, 6.07) is 5.76. The first-order valence-corrected chi connectivity index (χ1v) is 5.88. The quantitative estimate of drug-likeness (QED) is 0.704. The van der Waals surface area contributed by atoms with E-state index in [2.05, 4.69) is 16.4 Å². The van der Waals surface area contributed by atoms with E-state index in [0.29, 0.717) is 0 Å². The molecular formula is C13H17N3O. The van der Waals surface area contributed by atoms with E-state index in [9.17, 15) is 5.11 Å². The highest BCUT2D eigenvalue weighted by molar-refractivity contribution is 5.85. The van der Waals surface area contributed by atoms with E-state index in [4.69, 9.17) is 5.73 Å². The zero-order chi connectivity index (χ0) is 12.2. The molecule has 0 spiro atoms. The molecule has 2 heterocycles. The SMILES string of the molecule is C=C1N(C)c2cccc3c2N1CCC(N)C3O. The number of hydrogen-bond donors (Lipinski definition) is 2. The summed E-state index contributed by atoms with van der Waals surface area (Å²) in [5, 5.41) is 10.3. The Morgan fingerprint density at radius 2 is 2.24 bits per heavy atom. The fourth-order valence-electron chi connectivity index (χ4n) is 2.71. The Labute approximate surface area is 101 Å². The van der Waals surface area contributed by atoms with Gasteiger partial charge in [-0.15, -0.1) is 0 Å². The first-order chi connectivity index (χ1) is 8.11. The number of nitrogens with zero attached hydrogens (tertiary/aromatic N) is 2. The zero-order valence-corrected chi connectivity index (χ0v) is 9.93. The van der Waals surface area contributed by atoms with Crippen molar-refractivity contribution in [2.75, 3.05) is 23.4 Å². The number of rotatable bonds is 0. The molecule has 0 amide bonds. The minimum atomic E-state index is -0.589. The Morgan fingerprint density at radius 1 is 1.47 bits per heavy atom. The summed E-state index contributed by atoms with van der Waals surface area (Å²) in [6.45, 7) is 4.91. The van der Waals surface area contributed by atoms with Crippen molar-refractivity contribution >= 4 is 11.4 Å². The molecule has 1 aromatic rings. The molecule has 0 saturated carbocycles. The van der Waals surface area contributed by atoms with Crippen LogP contribution in [0.4, 0.5) is 11.4 Å². The predicted molar refractivity (Wildman–Crippen MR) is 68.9 cm³/mol. The van der Waals surface area contributed by atoms with Gasteiger partial charge in [0.2, 0.25) is 0 Å². The van der Waals surface area contributed by atoms with Gasteiger partial charge in [0.25, 0.3) is 0 Å². The van der Waals surface area contributed by atoms with Crippen LogP contribution in [-0.4, -0.2) is 24.7 Å². The summed E-state index contributed by atoms with van der Waals surface area (Å²) in [6.07, 6.45) is 0.177. The maximum atomic E-state index is 10.3. The Morgan fingerprint density at radius 3 is 3.00 bits per heavy atom. The molecule has 0 aromatic heterocycles. The lowest BCUT2D eigenvalue weighted by molar-refractivity contribution is 0.146. The molecule has 90 valence electrons. The highest BCUT2D eigenvalue weighted by atomic mass is 16.3. The lowest BCUT2D eigenvalue weighted by atomic mass is 10.0. The van der Waals surface area contributed by atoms with Crippen molar-refractivity contribution in [3.8, 4) is 0 Å². The summed E-state index contributed by atoms with van der Waals surface area (Å²) in [5.41, 5.74) is 9.07. The van der Waals surface area contributed by atoms with Crippen LogP contribution in [0.15, 0.2) is 30.6 Å². The molecule has 2 unspecified atom stereocenters. The van der Waals surface area contributed by atoms with Gasteiger partial charge in [-0.3, -0.25) is 0 Å². The van der Waals surface area contributed by atoms with Gasteiger partial charge in [0, 0.05) is 25.2 Å². The van der Waals surface area contributed by atoms with Gasteiger partial charge in [0.15, 0.2) is 0 Å². The second kappa shape index (κ2) is 3.48. The number of hydrogen-bond acceptors (Lipinski definition) is 4. The standard InChI is InChI=1S/C13H17N3O/c1-8-15(2)11-5-3-4-9-12(11)16(8)7-6-10(14)13(9)17/h3-5,10,13,17H,1,6-7,14H2,2H3. The van der Waals surface area contributed by atoms with E-state index >= 15 is 0 Å². The van der Waals surface area contributed by atoms with Crippen LogP contribution < -0.4 is 15.5 Å². The molecule has 0 bridgehead atoms. The van der Waals surface area contributed by atoms with Crippen molar-refractivity contribution in [3.63, 3.8) is 0 Å². The van der Waals surface area contributed by atoms with Gasteiger partial charge >= 0.3 is 0 Å². The van der Waals surface area contributed by atoms with Gasteiger partial charge in [-0.25, -0.2) is 0 Å². The number of aliphatic hydroxyl groups is 1. The van der Waals surface area contributed by atoms with E-state index in [1.807, 2.05) is 25.2 Å². The first kappa shape index (κ1) is 10.6. The van der Waals surface area contributed by atoms with E-state index < -0.39 is 6.10 Å². The molecule has 0 radical (unpaired) electrons. The lowest BCUT2D eigenvalue weighted by Gasteiger charge is -2.21. The maximum absolute atomic E-state index is 10.3. The zero-order valence-electron chi connectivity index (χ0n) is 9.93. The van der Waals surface area contributed by atoms with Crippen LogP contribution in [0.3, 0.4) is 0 Å². The topological polar surface area (TPSA) is 52.7 Å². The molecule has 2 aliphatic heterocycles. The van der Waals surface area contributed by atoms with E-state index in [-0.39, 0.29) is 6.04 Å². The molecule has 1 aromatic carbocycles. The van der Waals surface area contributed by atoms with Crippen molar-refractivity contribution in [2.24, 2.45) is 5.73 Å². The average molecular weight is 231 g/mol. The summed E-state index contributed by atoms with van der Waals surface area (Å²) >= 11 is 0. The fourth-order valence-corrected chi connectivity index (χ4v) is 2.71. The molecular weight excluding hydrogens is 214 g/mol. The van der Waals surface area contributed by atoms with E-state index in [1.165, 1.54) is 0 Å². The highest BCUT2D eigenvalue weighted by Gasteiger charge is 2.35. The number of para-hydroxylation sites is 1. The van der Waals surface area contributed by atoms with Crippen LogP contribution in [0, 0.1) is 0 Å². The average Bonchev–Trinajstić information content (AvgIpc) is 2.50. The first-order valence-electron chi connectivity index (χ1n) is 5.88. The molecule has 4 nitrogen and oxygen atoms in total. The fraction of sp³-hybridized carbons (Fsp3) is 0.385. The van der Waals surface area contributed by atoms with Gasteiger partial charge in [-0.05, 0) is 12.5 Å². The van der Waals surface area contributed by atoms with Crippen LogP contribution in [0.5, 0.6) is 0 Å². The van der Waals surface area contributed by atoms with Gasteiger partial charge in [0.05, 0.1) is 17.5 Å². The van der Waals surface area contributed by atoms with Crippen LogP contribution in [0.2, 0.25) is 0 Å². The number of aliphatic hydroxyl groups excluding tert-OH is 1. The Balaban J connectivity index is 2.23. The Bertz CT molecular complexity index is 486. The van der Waals surface area contributed by atoms with Crippen LogP contribution in [0.1, 0.15) is 18.1 Å². The second-order valence-corrected chi connectivity index (χ2v) is 4.74. The molecule has 17 heavy (non-hydrogen) atoms. The van der Waals surface area contributed by atoms with Crippen LogP contribution in [0.25, 0.3) is 0 Å². The summed E-state index contributed by atoms with van der Waals surface area (Å²) in [5.74, 6) is 0.953. The Hall–Kier alpha value is -1.52. The predicted octanol–water partition coefficient (Wildman–Crippen LogP) is 1.18. The van der Waals surface area contributed by atoms with Gasteiger partial charge in [-0.1, -0.05) is 18.7 Å². The minimum absolute atomic E-state index is 0.204. The van der Waals surface area contributed by atoms with Crippen molar-refractivity contribution in [3.05, 3.63) is 36.2 Å². The lowest BCUT2D eigenvalue weighted by Crippen LogP contribution is -2.31. The number of nitrogens with two attached hydrogens (primary N) is 1. The smallest absolute Gasteiger partial charge is 0.105 e. The molecule has 0 saturated heterocycles. The van der Waals surface area contributed by atoms with Gasteiger partial charge in [-0.2, -0.15) is 0 Å². The molecule has 4 heteroatoms. The molecule has 3 N–H and O–H groups in total. The number of anilines is 2. The van der Waals surface area contributed by atoms with Gasteiger partial charge < -0.3 is 20.6 Å². The monoisotopic (exact) mass is 231 g/mol. The summed E-state index contributed by atoms with van der Waals surface area (Å²) in [7, 11) is 2.00. The van der Waals surface area contributed by atoms with Crippen molar-refractivity contribution in [1.29, 1.82) is 0 Å². The third-order valence-electron chi connectivity index (χ3n) is 3.79. The van der Waals surface area contributed by atoms with Crippen molar-refractivity contribution in [1.82, 2.24) is 0 Å². The largest absolute Gasteiger partial charge is 0.387 e. The normalized spacial score (nSPS) is 27.1. The summed E-state index contributed by atoms with van der Waals surface area (Å²) < 4.78 is 0. The van der Waals surface area contributed by atoms with E-state index in [0.717, 1.165) is 35.7 Å². The molecule has 3 rings (SSSR count). The second-order valence-electron chi connectivity index (χ2n) is 4.74. The van der Waals surface area contributed by atoms with E-state index in [1.54, 1.807) is 0 Å². The third-order valence-corrected chi connectivity index (χ3v) is 3.79.